The summed E-state index contributed by atoms with van der Waals surface area (Å²) in [5.41, 5.74) is 0.0988. The predicted octanol–water partition coefficient (Wildman–Crippen LogP) is 0.718. The van der Waals surface area contributed by atoms with Gasteiger partial charge in [-0.1, -0.05) is 12.1 Å². The van der Waals surface area contributed by atoms with Gasteiger partial charge in [0.2, 0.25) is 0 Å². The number of esters is 2. The van der Waals surface area contributed by atoms with Gasteiger partial charge in [-0.15, -0.1) is 0 Å². The Hall–Kier alpha value is -1.88. The molecule has 80 valence electrons. The second-order valence-corrected chi connectivity index (χ2v) is 2.65. The summed E-state index contributed by atoms with van der Waals surface area (Å²) in [4.78, 5) is 22.0. The molecule has 0 bridgehead atoms. The van der Waals surface area contributed by atoms with Gasteiger partial charge in [0.1, 0.15) is 11.3 Å². The molecule has 0 fully saturated rings. The van der Waals surface area contributed by atoms with Crippen molar-refractivity contribution in [2.24, 2.45) is 0 Å². The van der Waals surface area contributed by atoms with Crippen molar-refractivity contribution in [3.05, 3.63) is 29.8 Å². The number of hydrogen-bond donors (Lipinski definition) is 1. The van der Waals surface area contributed by atoms with E-state index < -0.39 is 18.7 Å². The summed E-state index contributed by atoms with van der Waals surface area (Å²) in [5, 5.41) is 8.42. The Balaban J connectivity index is 2.95. The molecule has 0 aliphatic heterocycles. The van der Waals surface area contributed by atoms with E-state index in [4.69, 9.17) is 9.84 Å². The molecule has 0 aliphatic carbocycles. The van der Waals surface area contributed by atoms with Gasteiger partial charge in [0.25, 0.3) is 0 Å². The smallest absolute Gasteiger partial charge is 0.344 e. The molecule has 0 saturated carbocycles. The van der Waals surface area contributed by atoms with Crippen molar-refractivity contribution in [1.82, 2.24) is 0 Å². The summed E-state index contributed by atoms with van der Waals surface area (Å²) in [5.74, 6) is -1.16. The lowest BCUT2D eigenvalue weighted by molar-refractivity contribution is -0.131. The molecule has 1 aromatic rings. The summed E-state index contributed by atoms with van der Waals surface area (Å²) < 4.78 is 9.17. The zero-order chi connectivity index (χ0) is 11.3. The predicted molar refractivity (Wildman–Crippen MR) is 50.3 cm³/mol. The molecular formula is C10H10O5. The SMILES string of the molecule is CC(=O)Oc1ccccc1C(=O)OCO. The van der Waals surface area contributed by atoms with Gasteiger partial charge in [-0.3, -0.25) is 4.79 Å². The highest BCUT2D eigenvalue weighted by atomic mass is 16.6. The van der Waals surface area contributed by atoms with Crippen molar-refractivity contribution < 1.29 is 24.2 Å². The molecule has 0 heterocycles. The van der Waals surface area contributed by atoms with Gasteiger partial charge in [0.05, 0.1) is 0 Å². The summed E-state index contributed by atoms with van der Waals surface area (Å²) in [6.07, 6.45) is 0. The zero-order valence-electron chi connectivity index (χ0n) is 8.10. The fourth-order valence-electron chi connectivity index (χ4n) is 1.02. The minimum Gasteiger partial charge on any atom is -0.435 e. The number of aliphatic hydroxyl groups excluding tert-OH is 1. The van der Waals surface area contributed by atoms with Crippen LogP contribution in [-0.4, -0.2) is 23.8 Å². The first-order valence-electron chi connectivity index (χ1n) is 4.20. The van der Waals surface area contributed by atoms with Gasteiger partial charge in [0, 0.05) is 6.92 Å². The molecule has 0 aliphatic rings. The van der Waals surface area contributed by atoms with Gasteiger partial charge in [-0.2, -0.15) is 0 Å². The normalized spacial score (nSPS) is 9.47. The first-order chi connectivity index (χ1) is 7.15. The molecular weight excluding hydrogens is 200 g/mol. The molecule has 0 radical (unpaired) electrons. The Morgan fingerprint density at radius 2 is 2.00 bits per heavy atom. The monoisotopic (exact) mass is 210 g/mol. The minimum absolute atomic E-state index is 0.0988. The van der Waals surface area contributed by atoms with E-state index in [9.17, 15) is 9.59 Å². The lowest BCUT2D eigenvalue weighted by atomic mass is 10.2. The van der Waals surface area contributed by atoms with E-state index in [1.165, 1.54) is 19.1 Å². The van der Waals surface area contributed by atoms with Crippen LogP contribution in [0.1, 0.15) is 17.3 Å². The number of aliphatic hydroxyl groups is 1. The van der Waals surface area contributed by atoms with Crippen molar-refractivity contribution >= 4 is 11.9 Å². The maximum Gasteiger partial charge on any atom is 0.344 e. The fraction of sp³-hybridized carbons (Fsp3) is 0.200. The highest BCUT2D eigenvalue weighted by Crippen LogP contribution is 2.18. The van der Waals surface area contributed by atoms with Crippen LogP contribution in [0.4, 0.5) is 0 Å². The summed E-state index contributed by atoms with van der Waals surface area (Å²) in [6.45, 7) is 0.515. The first-order valence-corrected chi connectivity index (χ1v) is 4.20. The van der Waals surface area contributed by atoms with Crippen molar-refractivity contribution in [2.45, 2.75) is 6.92 Å². The number of carbonyl (C=O) groups excluding carboxylic acids is 2. The largest absolute Gasteiger partial charge is 0.435 e. The molecule has 0 aromatic heterocycles. The summed E-state index contributed by atoms with van der Waals surface area (Å²) >= 11 is 0. The molecule has 15 heavy (non-hydrogen) atoms. The lowest BCUT2D eigenvalue weighted by Crippen LogP contribution is -2.10. The third-order valence-corrected chi connectivity index (χ3v) is 1.56. The molecule has 0 spiro atoms. The van der Waals surface area contributed by atoms with Crippen LogP contribution in [0.2, 0.25) is 0 Å². The van der Waals surface area contributed by atoms with Gasteiger partial charge in [-0.25, -0.2) is 4.79 Å². The van der Waals surface area contributed by atoms with Crippen molar-refractivity contribution in [3.8, 4) is 5.75 Å². The van der Waals surface area contributed by atoms with Crippen LogP contribution < -0.4 is 4.74 Å². The zero-order valence-corrected chi connectivity index (χ0v) is 8.10. The Labute approximate surface area is 86.2 Å². The third kappa shape index (κ3) is 3.07. The maximum atomic E-state index is 11.3. The minimum atomic E-state index is -0.741. The van der Waals surface area contributed by atoms with Crippen LogP contribution in [0.25, 0.3) is 0 Å². The van der Waals surface area contributed by atoms with Crippen LogP contribution in [0, 0.1) is 0 Å². The van der Waals surface area contributed by atoms with E-state index in [1.54, 1.807) is 12.1 Å². The molecule has 0 atom stereocenters. The molecule has 5 heteroatoms. The Kier molecular flexibility index (Phi) is 3.82. The van der Waals surface area contributed by atoms with E-state index in [1.807, 2.05) is 0 Å². The van der Waals surface area contributed by atoms with E-state index in [0.717, 1.165) is 0 Å². The summed E-state index contributed by atoms with van der Waals surface area (Å²) in [7, 11) is 0. The Morgan fingerprint density at radius 1 is 1.33 bits per heavy atom. The number of rotatable bonds is 3. The van der Waals surface area contributed by atoms with Crippen LogP contribution in [0.5, 0.6) is 5.75 Å². The van der Waals surface area contributed by atoms with Crippen LogP contribution in [0.15, 0.2) is 24.3 Å². The van der Waals surface area contributed by atoms with Crippen LogP contribution in [0.3, 0.4) is 0 Å². The van der Waals surface area contributed by atoms with Crippen LogP contribution >= 0.6 is 0 Å². The van der Waals surface area contributed by atoms with Gasteiger partial charge >= 0.3 is 11.9 Å². The highest BCUT2D eigenvalue weighted by molar-refractivity contribution is 5.93. The fourth-order valence-corrected chi connectivity index (χ4v) is 1.02. The standard InChI is InChI=1S/C10H10O5/c1-7(12)15-9-5-3-2-4-8(9)10(13)14-6-11/h2-5,11H,6H2,1H3. The molecule has 5 nitrogen and oxygen atoms in total. The van der Waals surface area contributed by atoms with Crippen molar-refractivity contribution in [1.29, 1.82) is 0 Å². The number of benzene rings is 1. The van der Waals surface area contributed by atoms with Crippen molar-refractivity contribution in [2.75, 3.05) is 6.79 Å². The highest BCUT2D eigenvalue weighted by Gasteiger charge is 2.14. The number of hydrogen-bond acceptors (Lipinski definition) is 5. The second kappa shape index (κ2) is 5.11. The molecule has 1 N–H and O–H groups in total. The van der Waals surface area contributed by atoms with Gasteiger partial charge < -0.3 is 14.6 Å². The first kappa shape index (κ1) is 11.2. The van der Waals surface area contributed by atoms with E-state index in [0.29, 0.717) is 0 Å². The topological polar surface area (TPSA) is 72.8 Å². The number of ether oxygens (including phenoxy) is 2. The van der Waals surface area contributed by atoms with Crippen molar-refractivity contribution in [3.63, 3.8) is 0 Å². The number of carbonyl (C=O) groups is 2. The number of para-hydroxylation sites is 1. The lowest BCUT2D eigenvalue weighted by Gasteiger charge is -2.06. The molecule has 0 saturated heterocycles. The summed E-state index contributed by atoms with van der Waals surface area (Å²) in [6, 6.07) is 6.13. The molecule has 1 aromatic carbocycles. The quantitative estimate of drug-likeness (QED) is 0.452. The molecule has 0 amide bonds. The van der Waals surface area contributed by atoms with E-state index in [2.05, 4.69) is 4.74 Å². The van der Waals surface area contributed by atoms with Gasteiger partial charge in [0.15, 0.2) is 6.79 Å². The van der Waals surface area contributed by atoms with E-state index >= 15 is 0 Å². The Bertz CT molecular complexity index is 372. The average molecular weight is 210 g/mol. The third-order valence-electron chi connectivity index (χ3n) is 1.56. The van der Waals surface area contributed by atoms with Crippen LogP contribution in [-0.2, 0) is 9.53 Å². The maximum absolute atomic E-state index is 11.3. The van der Waals surface area contributed by atoms with E-state index in [-0.39, 0.29) is 11.3 Å². The average Bonchev–Trinajstić information content (AvgIpc) is 2.18. The molecule has 1 rings (SSSR count). The van der Waals surface area contributed by atoms with Gasteiger partial charge in [-0.05, 0) is 12.1 Å². The molecule has 0 unspecified atom stereocenters. The second-order valence-electron chi connectivity index (χ2n) is 2.65. The Morgan fingerprint density at radius 3 is 2.60 bits per heavy atom.